The van der Waals surface area contributed by atoms with Crippen LogP contribution in [0.3, 0.4) is 0 Å². The molecule has 1 aliphatic rings. The van der Waals surface area contributed by atoms with Crippen LogP contribution >= 0.6 is 23.4 Å². The SMILES string of the molecule is CSCCC(NC(N)=O)C(=O)N1CCN(C(C)c2ccccc2Cl)CC1. The second-order valence-corrected chi connectivity index (χ2v) is 7.79. The van der Waals surface area contributed by atoms with Crippen molar-refractivity contribution in [1.82, 2.24) is 15.1 Å². The van der Waals surface area contributed by atoms with Gasteiger partial charge in [0.15, 0.2) is 0 Å². The Bertz CT molecular complexity index is 623. The summed E-state index contributed by atoms with van der Waals surface area (Å²) in [6, 6.07) is 6.84. The lowest BCUT2D eigenvalue weighted by molar-refractivity contribution is -0.135. The van der Waals surface area contributed by atoms with Gasteiger partial charge in [0.2, 0.25) is 5.91 Å². The van der Waals surface area contributed by atoms with Gasteiger partial charge in [0, 0.05) is 37.2 Å². The molecule has 6 nitrogen and oxygen atoms in total. The summed E-state index contributed by atoms with van der Waals surface area (Å²) in [6.45, 7) is 4.93. The third-order valence-electron chi connectivity index (χ3n) is 4.75. The van der Waals surface area contributed by atoms with Crippen LogP contribution in [0.2, 0.25) is 5.02 Å². The number of benzene rings is 1. The topological polar surface area (TPSA) is 78.7 Å². The number of nitrogens with one attached hydrogen (secondary N) is 1. The number of primary amides is 1. The van der Waals surface area contributed by atoms with Gasteiger partial charge in [0.25, 0.3) is 0 Å². The second-order valence-electron chi connectivity index (χ2n) is 6.40. The van der Waals surface area contributed by atoms with E-state index in [1.807, 2.05) is 35.4 Å². The van der Waals surface area contributed by atoms with E-state index in [-0.39, 0.29) is 11.9 Å². The Kier molecular flexibility index (Phi) is 8.06. The van der Waals surface area contributed by atoms with Crippen LogP contribution in [0.5, 0.6) is 0 Å². The fourth-order valence-electron chi connectivity index (χ4n) is 3.23. The molecule has 8 heteroatoms. The Labute approximate surface area is 164 Å². The molecule has 144 valence electrons. The van der Waals surface area contributed by atoms with Gasteiger partial charge in [-0.2, -0.15) is 11.8 Å². The number of urea groups is 1. The lowest BCUT2D eigenvalue weighted by Crippen LogP contribution is -2.56. The third kappa shape index (κ3) is 5.53. The molecular formula is C18H27ClN4O2S. The predicted molar refractivity (Wildman–Crippen MR) is 108 cm³/mol. The van der Waals surface area contributed by atoms with Crippen molar-refractivity contribution >= 4 is 35.3 Å². The molecule has 1 fully saturated rings. The second kappa shape index (κ2) is 10.0. The summed E-state index contributed by atoms with van der Waals surface area (Å²) >= 11 is 7.95. The lowest BCUT2D eigenvalue weighted by atomic mass is 10.1. The number of hydrogen-bond donors (Lipinski definition) is 2. The van der Waals surface area contributed by atoms with Gasteiger partial charge >= 0.3 is 6.03 Å². The molecule has 0 aliphatic carbocycles. The van der Waals surface area contributed by atoms with E-state index in [1.165, 1.54) is 0 Å². The average molecular weight is 399 g/mol. The number of carbonyl (C=O) groups excluding carboxylic acids is 2. The van der Waals surface area contributed by atoms with Gasteiger partial charge in [-0.25, -0.2) is 4.79 Å². The van der Waals surface area contributed by atoms with Crippen molar-refractivity contribution in [2.75, 3.05) is 38.2 Å². The number of thioether (sulfide) groups is 1. The largest absolute Gasteiger partial charge is 0.352 e. The van der Waals surface area contributed by atoms with Gasteiger partial charge in [-0.15, -0.1) is 0 Å². The van der Waals surface area contributed by atoms with Crippen molar-refractivity contribution in [3.63, 3.8) is 0 Å². The lowest BCUT2D eigenvalue weighted by Gasteiger charge is -2.39. The summed E-state index contributed by atoms with van der Waals surface area (Å²) in [7, 11) is 0. The number of rotatable bonds is 7. The molecule has 1 aliphatic heterocycles. The number of carbonyl (C=O) groups is 2. The Morgan fingerprint density at radius 1 is 1.27 bits per heavy atom. The standard InChI is InChI=1S/C18H27ClN4O2S/c1-13(14-5-3-4-6-15(14)19)22-8-10-23(11-9-22)17(24)16(7-12-26-2)21-18(20)25/h3-6,13,16H,7-12H2,1-2H3,(H3,20,21,25). The van der Waals surface area contributed by atoms with Crippen molar-refractivity contribution in [2.45, 2.75) is 25.4 Å². The number of halogens is 1. The summed E-state index contributed by atoms with van der Waals surface area (Å²) < 4.78 is 0. The fraction of sp³-hybridized carbons (Fsp3) is 0.556. The maximum absolute atomic E-state index is 12.7. The van der Waals surface area contributed by atoms with Crippen LogP contribution < -0.4 is 11.1 Å². The van der Waals surface area contributed by atoms with Gasteiger partial charge in [0.1, 0.15) is 6.04 Å². The van der Waals surface area contributed by atoms with Crippen LogP contribution in [-0.4, -0.2) is 66.0 Å². The highest BCUT2D eigenvalue weighted by atomic mass is 35.5. The maximum Gasteiger partial charge on any atom is 0.312 e. The van der Waals surface area contributed by atoms with E-state index in [0.717, 1.165) is 29.4 Å². The van der Waals surface area contributed by atoms with Gasteiger partial charge in [-0.1, -0.05) is 29.8 Å². The molecule has 0 bridgehead atoms. The van der Waals surface area contributed by atoms with E-state index in [9.17, 15) is 9.59 Å². The van der Waals surface area contributed by atoms with Crippen LogP contribution in [0, 0.1) is 0 Å². The maximum atomic E-state index is 12.7. The Balaban J connectivity index is 1.94. The molecule has 2 rings (SSSR count). The summed E-state index contributed by atoms with van der Waals surface area (Å²) in [6.07, 6.45) is 2.56. The van der Waals surface area contributed by atoms with Crippen molar-refractivity contribution in [3.05, 3.63) is 34.9 Å². The van der Waals surface area contributed by atoms with E-state index >= 15 is 0 Å². The molecule has 1 saturated heterocycles. The summed E-state index contributed by atoms with van der Waals surface area (Å²) in [5, 5.41) is 3.35. The molecule has 0 aromatic heterocycles. The quantitative estimate of drug-likeness (QED) is 0.738. The first-order valence-electron chi connectivity index (χ1n) is 8.76. The molecule has 26 heavy (non-hydrogen) atoms. The molecule has 1 aromatic rings. The van der Waals surface area contributed by atoms with Crippen LogP contribution in [-0.2, 0) is 4.79 Å². The van der Waals surface area contributed by atoms with Crippen LogP contribution in [0.25, 0.3) is 0 Å². The highest BCUT2D eigenvalue weighted by Gasteiger charge is 2.29. The van der Waals surface area contributed by atoms with Crippen LogP contribution in [0.15, 0.2) is 24.3 Å². The fourth-order valence-corrected chi connectivity index (χ4v) is 3.99. The number of amides is 3. The zero-order chi connectivity index (χ0) is 19.1. The van der Waals surface area contributed by atoms with Gasteiger partial charge in [-0.3, -0.25) is 9.69 Å². The zero-order valence-electron chi connectivity index (χ0n) is 15.3. The average Bonchev–Trinajstić information content (AvgIpc) is 2.64. The Morgan fingerprint density at radius 3 is 2.50 bits per heavy atom. The first-order chi connectivity index (χ1) is 12.4. The molecule has 2 atom stereocenters. The van der Waals surface area contributed by atoms with E-state index in [2.05, 4.69) is 17.1 Å². The molecule has 3 amide bonds. The normalized spacial score (nSPS) is 17.6. The molecule has 0 spiro atoms. The van der Waals surface area contributed by atoms with E-state index in [0.29, 0.717) is 19.5 Å². The van der Waals surface area contributed by atoms with Gasteiger partial charge in [-0.05, 0) is 37.0 Å². The van der Waals surface area contributed by atoms with Gasteiger partial charge in [0.05, 0.1) is 0 Å². The van der Waals surface area contributed by atoms with Crippen LogP contribution in [0.1, 0.15) is 24.9 Å². The van der Waals surface area contributed by atoms with Crippen molar-refractivity contribution < 1.29 is 9.59 Å². The van der Waals surface area contributed by atoms with E-state index in [1.54, 1.807) is 11.8 Å². The summed E-state index contributed by atoms with van der Waals surface area (Å²) in [5.41, 5.74) is 6.32. The summed E-state index contributed by atoms with van der Waals surface area (Å²) in [4.78, 5) is 28.1. The molecule has 3 N–H and O–H groups in total. The van der Waals surface area contributed by atoms with Crippen LogP contribution in [0.4, 0.5) is 4.79 Å². The molecule has 2 unspecified atom stereocenters. The van der Waals surface area contributed by atoms with E-state index < -0.39 is 12.1 Å². The number of hydrogen-bond acceptors (Lipinski definition) is 4. The predicted octanol–water partition coefficient (Wildman–Crippen LogP) is 2.34. The number of nitrogens with two attached hydrogens (primary N) is 1. The smallest absolute Gasteiger partial charge is 0.312 e. The Hall–Kier alpha value is -1.44. The first-order valence-corrected chi connectivity index (χ1v) is 10.5. The van der Waals surface area contributed by atoms with Crippen molar-refractivity contribution in [2.24, 2.45) is 5.73 Å². The molecule has 0 saturated carbocycles. The van der Waals surface area contributed by atoms with E-state index in [4.69, 9.17) is 17.3 Å². The Morgan fingerprint density at radius 2 is 1.92 bits per heavy atom. The minimum absolute atomic E-state index is 0.0529. The minimum Gasteiger partial charge on any atom is -0.352 e. The van der Waals surface area contributed by atoms with Gasteiger partial charge < -0.3 is 16.0 Å². The molecule has 0 radical (unpaired) electrons. The highest BCUT2D eigenvalue weighted by molar-refractivity contribution is 7.98. The zero-order valence-corrected chi connectivity index (χ0v) is 16.9. The van der Waals surface area contributed by atoms with Crippen molar-refractivity contribution in [1.29, 1.82) is 0 Å². The summed E-state index contributed by atoms with van der Waals surface area (Å²) in [5.74, 6) is 0.739. The monoisotopic (exact) mass is 398 g/mol. The highest BCUT2D eigenvalue weighted by Crippen LogP contribution is 2.27. The number of piperazine rings is 1. The molecular weight excluding hydrogens is 372 g/mol. The first kappa shape index (κ1) is 20.9. The molecule has 1 aromatic carbocycles. The third-order valence-corrected chi connectivity index (χ3v) is 5.74. The van der Waals surface area contributed by atoms with Crippen molar-refractivity contribution in [3.8, 4) is 0 Å². The number of nitrogens with zero attached hydrogens (tertiary/aromatic N) is 2. The minimum atomic E-state index is -0.657. The molecule has 1 heterocycles.